The van der Waals surface area contributed by atoms with E-state index in [9.17, 15) is 0 Å². The molecule has 1 aliphatic rings. The third kappa shape index (κ3) is 3.23. The van der Waals surface area contributed by atoms with Gasteiger partial charge in [-0.25, -0.2) is 0 Å². The zero-order valence-electron chi connectivity index (χ0n) is 10.7. The van der Waals surface area contributed by atoms with Crippen LogP contribution in [0.4, 0.5) is 5.69 Å². The standard InChI is InChI=1S/C14H21BrN2/c1-3-16-12-6-8-17(9-7-12)13-5-4-11(2)14(15)10-13/h4-5,10,12,16H,3,6-9H2,1-2H3. The number of piperidine rings is 1. The first kappa shape index (κ1) is 12.9. The van der Waals surface area contributed by atoms with Gasteiger partial charge >= 0.3 is 0 Å². The molecule has 1 aromatic rings. The Balaban J connectivity index is 1.98. The minimum Gasteiger partial charge on any atom is -0.371 e. The van der Waals surface area contributed by atoms with Gasteiger partial charge in [-0.2, -0.15) is 0 Å². The summed E-state index contributed by atoms with van der Waals surface area (Å²) >= 11 is 3.61. The molecule has 3 heteroatoms. The highest BCUT2D eigenvalue weighted by Crippen LogP contribution is 2.25. The number of benzene rings is 1. The maximum atomic E-state index is 3.61. The molecule has 2 nitrogen and oxygen atoms in total. The molecule has 0 saturated carbocycles. The van der Waals surface area contributed by atoms with E-state index in [1.807, 2.05) is 0 Å². The highest BCUT2D eigenvalue weighted by Gasteiger charge is 2.18. The zero-order valence-corrected chi connectivity index (χ0v) is 12.3. The molecule has 17 heavy (non-hydrogen) atoms. The topological polar surface area (TPSA) is 15.3 Å². The van der Waals surface area contributed by atoms with E-state index in [-0.39, 0.29) is 0 Å². The quantitative estimate of drug-likeness (QED) is 0.920. The lowest BCUT2D eigenvalue weighted by atomic mass is 10.0. The SMILES string of the molecule is CCNC1CCN(c2ccc(C)c(Br)c2)CC1. The van der Waals surface area contributed by atoms with Gasteiger partial charge in [0.2, 0.25) is 0 Å². The summed E-state index contributed by atoms with van der Waals surface area (Å²) < 4.78 is 1.21. The van der Waals surface area contributed by atoms with Crippen molar-refractivity contribution >= 4 is 21.6 Å². The number of halogens is 1. The number of hydrogen-bond donors (Lipinski definition) is 1. The van der Waals surface area contributed by atoms with Crippen molar-refractivity contribution in [3.8, 4) is 0 Å². The van der Waals surface area contributed by atoms with Gasteiger partial charge in [-0.1, -0.05) is 28.9 Å². The van der Waals surface area contributed by atoms with Crippen LogP contribution >= 0.6 is 15.9 Å². The normalized spacial score (nSPS) is 17.5. The van der Waals surface area contributed by atoms with Gasteiger partial charge in [-0.05, 0) is 44.0 Å². The molecule has 1 saturated heterocycles. The number of hydrogen-bond acceptors (Lipinski definition) is 2. The van der Waals surface area contributed by atoms with Gasteiger partial charge < -0.3 is 10.2 Å². The number of nitrogens with zero attached hydrogens (tertiary/aromatic N) is 1. The molecule has 0 amide bonds. The summed E-state index contributed by atoms with van der Waals surface area (Å²) in [7, 11) is 0. The second-order valence-corrected chi connectivity index (χ2v) is 5.61. The lowest BCUT2D eigenvalue weighted by Crippen LogP contribution is -2.42. The molecule has 94 valence electrons. The Morgan fingerprint density at radius 3 is 2.65 bits per heavy atom. The lowest BCUT2D eigenvalue weighted by Gasteiger charge is -2.34. The average molecular weight is 297 g/mol. The molecule has 0 bridgehead atoms. The molecule has 0 radical (unpaired) electrons. The van der Waals surface area contributed by atoms with Crippen molar-refractivity contribution in [2.75, 3.05) is 24.5 Å². The third-order valence-corrected chi connectivity index (χ3v) is 4.36. The highest BCUT2D eigenvalue weighted by molar-refractivity contribution is 9.10. The van der Waals surface area contributed by atoms with Gasteiger partial charge in [0.15, 0.2) is 0 Å². The van der Waals surface area contributed by atoms with Crippen LogP contribution in [-0.4, -0.2) is 25.7 Å². The monoisotopic (exact) mass is 296 g/mol. The molecule has 0 aliphatic carbocycles. The molecule has 0 unspecified atom stereocenters. The van der Waals surface area contributed by atoms with E-state index < -0.39 is 0 Å². The molecule has 1 heterocycles. The lowest BCUT2D eigenvalue weighted by molar-refractivity contribution is 0.424. The summed E-state index contributed by atoms with van der Waals surface area (Å²) in [4.78, 5) is 2.48. The molecule has 1 N–H and O–H groups in total. The van der Waals surface area contributed by atoms with Crippen molar-refractivity contribution < 1.29 is 0 Å². The third-order valence-electron chi connectivity index (χ3n) is 3.51. The van der Waals surface area contributed by atoms with Crippen LogP contribution in [0.15, 0.2) is 22.7 Å². The molecule has 1 aromatic carbocycles. The summed E-state index contributed by atoms with van der Waals surface area (Å²) in [6, 6.07) is 7.37. The van der Waals surface area contributed by atoms with E-state index in [4.69, 9.17) is 0 Å². The molecule has 0 spiro atoms. The maximum Gasteiger partial charge on any atom is 0.0377 e. The summed E-state index contributed by atoms with van der Waals surface area (Å²) in [6.45, 7) is 7.72. The van der Waals surface area contributed by atoms with E-state index in [1.165, 1.54) is 28.6 Å². The molecular formula is C14H21BrN2. The summed E-state index contributed by atoms with van der Waals surface area (Å²) in [5, 5.41) is 3.54. The Morgan fingerprint density at radius 2 is 2.06 bits per heavy atom. The molecule has 0 aromatic heterocycles. The second kappa shape index (κ2) is 5.87. The van der Waals surface area contributed by atoms with Gasteiger partial charge in [0, 0.05) is 29.3 Å². The Morgan fingerprint density at radius 1 is 1.35 bits per heavy atom. The second-order valence-electron chi connectivity index (χ2n) is 4.75. The van der Waals surface area contributed by atoms with Crippen LogP contribution in [0.1, 0.15) is 25.3 Å². The minimum absolute atomic E-state index is 0.713. The first-order chi connectivity index (χ1) is 8.20. The van der Waals surface area contributed by atoms with Gasteiger partial charge in [0.1, 0.15) is 0 Å². The predicted octanol–water partition coefficient (Wildman–Crippen LogP) is 3.34. The van der Waals surface area contributed by atoms with Crippen molar-refractivity contribution in [3.63, 3.8) is 0 Å². The number of rotatable bonds is 3. The fourth-order valence-corrected chi connectivity index (χ4v) is 2.78. The molecule has 0 atom stereocenters. The Bertz CT molecular complexity index is 370. The summed E-state index contributed by atoms with van der Waals surface area (Å²) in [5.74, 6) is 0. The van der Waals surface area contributed by atoms with Crippen LogP contribution in [0, 0.1) is 6.92 Å². The highest BCUT2D eigenvalue weighted by atomic mass is 79.9. The molecule has 1 aliphatic heterocycles. The van der Waals surface area contributed by atoms with Gasteiger partial charge in [-0.15, -0.1) is 0 Å². The van der Waals surface area contributed by atoms with E-state index in [2.05, 4.69) is 58.2 Å². The van der Waals surface area contributed by atoms with E-state index in [0.29, 0.717) is 6.04 Å². The van der Waals surface area contributed by atoms with Gasteiger partial charge in [0.25, 0.3) is 0 Å². The summed E-state index contributed by atoms with van der Waals surface area (Å²) in [6.07, 6.45) is 2.50. The van der Waals surface area contributed by atoms with Crippen molar-refractivity contribution in [1.29, 1.82) is 0 Å². The van der Waals surface area contributed by atoms with E-state index in [0.717, 1.165) is 19.6 Å². The van der Waals surface area contributed by atoms with Crippen LogP contribution in [0.5, 0.6) is 0 Å². The first-order valence-corrected chi connectivity index (χ1v) is 7.24. The van der Waals surface area contributed by atoms with E-state index >= 15 is 0 Å². The van der Waals surface area contributed by atoms with Crippen molar-refractivity contribution in [2.24, 2.45) is 0 Å². The fourth-order valence-electron chi connectivity index (χ4n) is 2.41. The average Bonchev–Trinajstić information content (AvgIpc) is 2.34. The van der Waals surface area contributed by atoms with Crippen LogP contribution in [0.25, 0.3) is 0 Å². The molecule has 2 rings (SSSR count). The first-order valence-electron chi connectivity index (χ1n) is 6.45. The minimum atomic E-state index is 0.713. The van der Waals surface area contributed by atoms with E-state index in [1.54, 1.807) is 0 Å². The molecule has 1 fully saturated rings. The Hall–Kier alpha value is -0.540. The van der Waals surface area contributed by atoms with Crippen LogP contribution in [0.3, 0.4) is 0 Å². The largest absolute Gasteiger partial charge is 0.371 e. The van der Waals surface area contributed by atoms with Crippen molar-refractivity contribution in [3.05, 3.63) is 28.2 Å². The summed E-state index contributed by atoms with van der Waals surface area (Å²) in [5.41, 5.74) is 2.65. The maximum absolute atomic E-state index is 3.61. The predicted molar refractivity (Wildman–Crippen MR) is 77.8 cm³/mol. The fraction of sp³-hybridized carbons (Fsp3) is 0.571. The zero-order chi connectivity index (χ0) is 12.3. The van der Waals surface area contributed by atoms with Crippen LogP contribution < -0.4 is 10.2 Å². The van der Waals surface area contributed by atoms with Crippen molar-refractivity contribution in [2.45, 2.75) is 32.7 Å². The number of anilines is 1. The van der Waals surface area contributed by atoms with Gasteiger partial charge in [-0.3, -0.25) is 0 Å². The Kier molecular flexibility index (Phi) is 4.46. The van der Waals surface area contributed by atoms with Crippen molar-refractivity contribution in [1.82, 2.24) is 5.32 Å². The van der Waals surface area contributed by atoms with Gasteiger partial charge in [0.05, 0.1) is 0 Å². The smallest absolute Gasteiger partial charge is 0.0377 e. The number of nitrogens with one attached hydrogen (secondary N) is 1. The molecular weight excluding hydrogens is 276 g/mol. The van der Waals surface area contributed by atoms with Crippen LogP contribution in [0.2, 0.25) is 0 Å². The Labute approximate surface area is 113 Å². The number of aryl methyl sites for hydroxylation is 1. The van der Waals surface area contributed by atoms with Crippen LogP contribution in [-0.2, 0) is 0 Å².